The van der Waals surface area contributed by atoms with E-state index in [-0.39, 0.29) is 11.2 Å². The predicted octanol–water partition coefficient (Wildman–Crippen LogP) is 1.13. The minimum atomic E-state index is -0.123. The van der Waals surface area contributed by atoms with Crippen LogP contribution < -0.4 is 5.32 Å². The van der Waals surface area contributed by atoms with Crippen molar-refractivity contribution in [1.29, 1.82) is 0 Å². The molecule has 0 spiro atoms. The van der Waals surface area contributed by atoms with Crippen LogP contribution in [0.5, 0.6) is 0 Å². The zero-order chi connectivity index (χ0) is 8.32. The molecule has 0 aromatic carbocycles. The first-order valence-corrected chi connectivity index (χ1v) is 4.13. The molecule has 0 bridgehead atoms. The van der Waals surface area contributed by atoms with E-state index >= 15 is 0 Å². The van der Waals surface area contributed by atoms with E-state index in [4.69, 9.17) is 0 Å². The Hall–Kier alpha value is -0.630. The number of nitrogens with one attached hydrogen (secondary N) is 1. The summed E-state index contributed by atoms with van der Waals surface area (Å²) in [5.74, 6) is 0.199. The third-order valence-electron chi connectivity index (χ3n) is 2.63. The minimum absolute atomic E-state index is 0.123. The number of carbonyl (C=O) groups is 1. The van der Waals surface area contributed by atoms with Gasteiger partial charge in [0, 0.05) is 12.0 Å². The second-order valence-corrected chi connectivity index (χ2v) is 3.13. The third kappa shape index (κ3) is 1.36. The topological polar surface area (TPSA) is 29.1 Å². The highest BCUT2D eigenvalue weighted by atomic mass is 16.1. The van der Waals surface area contributed by atoms with Gasteiger partial charge < -0.3 is 5.32 Å². The Morgan fingerprint density at radius 2 is 2.55 bits per heavy atom. The molecule has 0 aliphatic carbocycles. The van der Waals surface area contributed by atoms with Crippen LogP contribution in [-0.4, -0.2) is 18.9 Å². The zero-order valence-electron chi connectivity index (χ0n) is 7.02. The number of ketones is 1. The molecule has 0 aromatic rings. The zero-order valence-corrected chi connectivity index (χ0v) is 7.02. The van der Waals surface area contributed by atoms with E-state index in [1.165, 1.54) is 6.08 Å². The van der Waals surface area contributed by atoms with Crippen LogP contribution in [0.1, 0.15) is 19.8 Å². The van der Waals surface area contributed by atoms with Crippen molar-refractivity contribution in [2.24, 2.45) is 5.41 Å². The van der Waals surface area contributed by atoms with Crippen molar-refractivity contribution < 1.29 is 4.79 Å². The quantitative estimate of drug-likeness (QED) is 0.616. The second-order valence-electron chi connectivity index (χ2n) is 3.13. The van der Waals surface area contributed by atoms with Crippen LogP contribution in [0.15, 0.2) is 12.7 Å². The number of carbonyl (C=O) groups excluding carboxylic acids is 1. The van der Waals surface area contributed by atoms with Gasteiger partial charge in [-0.2, -0.15) is 0 Å². The summed E-state index contributed by atoms with van der Waals surface area (Å²) in [6.07, 6.45) is 3.34. The Bertz CT molecular complexity index is 168. The summed E-state index contributed by atoms with van der Waals surface area (Å²) in [5.41, 5.74) is -0.123. The summed E-state index contributed by atoms with van der Waals surface area (Å²) >= 11 is 0. The van der Waals surface area contributed by atoms with Crippen molar-refractivity contribution >= 4 is 5.78 Å². The lowest BCUT2D eigenvalue weighted by Crippen LogP contribution is -2.31. The maximum atomic E-state index is 11.4. The fourth-order valence-electron chi connectivity index (χ4n) is 1.65. The smallest absolute Gasteiger partial charge is 0.162 e. The molecule has 0 amide bonds. The minimum Gasteiger partial charge on any atom is -0.316 e. The molecule has 1 heterocycles. The van der Waals surface area contributed by atoms with Crippen LogP contribution in [0.3, 0.4) is 0 Å². The second kappa shape index (κ2) is 3.18. The first-order chi connectivity index (χ1) is 5.25. The predicted molar refractivity (Wildman–Crippen MR) is 45.4 cm³/mol. The largest absolute Gasteiger partial charge is 0.316 e. The van der Waals surface area contributed by atoms with Crippen LogP contribution in [0.4, 0.5) is 0 Å². The maximum absolute atomic E-state index is 11.4. The third-order valence-corrected chi connectivity index (χ3v) is 2.63. The number of hydrogen-bond acceptors (Lipinski definition) is 2. The van der Waals surface area contributed by atoms with Crippen molar-refractivity contribution in [2.75, 3.05) is 13.1 Å². The van der Waals surface area contributed by atoms with Gasteiger partial charge >= 0.3 is 0 Å². The summed E-state index contributed by atoms with van der Waals surface area (Å²) in [7, 11) is 0. The van der Waals surface area contributed by atoms with Crippen LogP contribution in [0.25, 0.3) is 0 Å². The molecule has 0 radical (unpaired) electrons. The summed E-state index contributed by atoms with van der Waals surface area (Å²) in [6, 6.07) is 0. The van der Waals surface area contributed by atoms with Gasteiger partial charge in [-0.05, 0) is 25.5 Å². The summed E-state index contributed by atoms with van der Waals surface area (Å²) < 4.78 is 0. The summed E-state index contributed by atoms with van der Waals surface area (Å²) in [5, 5.41) is 3.21. The average molecular weight is 153 g/mol. The lowest BCUT2D eigenvalue weighted by molar-refractivity contribution is -0.123. The van der Waals surface area contributed by atoms with E-state index in [0.717, 1.165) is 25.9 Å². The van der Waals surface area contributed by atoms with Crippen molar-refractivity contribution in [3.05, 3.63) is 12.7 Å². The van der Waals surface area contributed by atoms with E-state index in [2.05, 4.69) is 18.8 Å². The molecule has 1 atom stereocenters. The Morgan fingerprint density at radius 3 is 2.91 bits per heavy atom. The van der Waals surface area contributed by atoms with E-state index in [0.29, 0.717) is 0 Å². The van der Waals surface area contributed by atoms with Crippen LogP contribution >= 0.6 is 0 Å². The molecule has 1 fully saturated rings. The van der Waals surface area contributed by atoms with E-state index in [9.17, 15) is 4.79 Å². The number of hydrogen-bond donors (Lipinski definition) is 1. The van der Waals surface area contributed by atoms with Gasteiger partial charge in [0.1, 0.15) is 0 Å². The molecular weight excluding hydrogens is 138 g/mol. The van der Waals surface area contributed by atoms with Crippen molar-refractivity contribution in [2.45, 2.75) is 19.8 Å². The lowest BCUT2D eigenvalue weighted by atomic mass is 9.80. The van der Waals surface area contributed by atoms with Crippen molar-refractivity contribution in [3.8, 4) is 0 Å². The summed E-state index contributed by atoms with van der Waals surface area (Å²) in [6.45, 7) is 7.38. The van der Waals surface area contributed by atoms with Crippen LogP contribution in [-0.2, 0) is 4.79 Å². The average Bonchev–Trinajstić information content (AvgIpc) is 2.52. The van der Waals surface area contributed by atoms with E-state index < -0.39 is 0 Å². The van der Waals surface area contributed by atoms with Gasteiger partial charge in [0.15, 0.2) is 5.78 Å². The first-order valence-electron chi connectivity index (χ1n) is 4.13. The molecule has 1 aliphatic rings. The van der Waals surface area contributed by atoms with Gasteiger partial charge in [0.25, 0.3) is 0 Å². The van der Waals surface area contributed by atoms with E-state index in [1.807, 2.05) is 0 Å². The molecule has 1 N–H and O–H groups in total. The first kappa shape index (κ1) is 8.47. The van der Waals surface area contributed by atoms with Crippen LogP contribution in [0.2, 0.25) is 0 Å². The standard InChI is InChI=1S/C9H15NO/c1-3-8(11)9(4-2)5-6-10-7-9/h3,10H,1,4-7H2,2H3. The van der Waals surface area contributed by atoms with Crippen molar-refractivity contribution in [3.63, 3.8) is 0 Å². The normalized spacial score (nSPS) is 30.3. The Balaban J connectivity index is 2.73. The van der Waals surface area contributed by atoms with Gasteiger partial charge in [-0.1, -0.05) is 13.5 Å². The van der Waals surface area contributed by atoms with Gasteiger partial charge in [-0.3, -0.25) is 4.79 Å². The molecule has 2 nitrogen and oxygen atoms in total. The SMILES string of the molecule is C=CC(=O)C1(CC)CCNC1. The molecule has 0 aromatic heterocycles. The Kier molecular flexibility index (Phi) is 2.45. The monoisotopic (exact) mass is 153 g/mol. The lowest BCUT2D eigenvalue weighted by Gasteiger charge is -2.22. The highest BCUT2D eigenvalue weighted by molar-refractivity contribution is 5.94. The maximum Gasteiger partial charge on any atom is 0.162 e. The van der Waals surface area contributed by atoms with Gasteiger partial charge in [0.05, 0.1) is 0 Å². The molecule has 1 saturated heterocycles. The van der Waals surface area contributed by atoms with Crippen LogP contribution in [0, 0.1) is 5.41 Å². The Morgan fingerprint density at radius 1 is 1.82 bits per heavy atom. The Labute approximate surface area is 67.7 Å². The molecule has 1 aliphatic heterocycles. The molecule has 2 heteroatoms. The van der Waals surface area contributed by atoms with Crippen molar-refractivity contribution in [1.82, 2.24) is 5.32 Å². The highest BCUT2D eigenvalue weighted by Crippen LogP contribution is 2.30. The molecule has 1 unspecified atom stereocenters. The van der Waals surface area contributed by atoms with Gasteiger partial charge in [-0.25, -0.2) is 0 Å². The molecular formula is C9H15NO. The number of allylic oxidation sites excluding steroid dienone is 1. The number of rotatable bonds is 3. The molecule has 1 rings (SSSR count). The van der Waals surface area contributed by atoms with Gasteiger partial charge in [-0.15, -0.1) is 0 Å². The fraction of sp³-hybridized carbons (Fsp3) is 0.667. The molecule has 0 saturated carbocycles. The highest BCUT2D eigenvalue weighted by Gasteiger charge is 2.37. The molecule has 11 heavy (non-hydrogen) atoms. The summed E-state index contributed by atoms with van der Waals surface area (Å²) in [4.78, 5) is 11.4. The molecule has 62 valence electrons. The van der Waals surface area contributed by atoms with Gasteiger partial charge in [0.2, 0.25) is 0 Å². The fourth-order valence-corrected chi connectivity index (χ4v) is 1.65. The van der Waals surface area contributed by atoms with E-state index in [1.54, 1.807) is 0 Å².